The number of fused-ring (bicyclic) bond motifs is 1. The van der Waals surface area contributed by atoms with Crippen molar-refractivity contribution in [1.29, 1.82) is 0 Å². The van der Waals surface area contributed by atoms with E-state index in [4.69, 9.17) is 4.74 Å². The predicted octanol–water partition coefficient (Wildman–Crippen LogP) is 4.91. The van der Waals surface area contributed by atoms with E-state index >= 15 is 0 Å². The van der Waals surface area contributed by atoms with Crippen molar-refractivity contribution in [2.45, 2.75) is 30.8 Å². The third-order valence-electron chi connectivity index (χ3n) is 5.48. The highest BCUT2D eigenvalue weighted by Gasteiger charge is 2.51. The van der Waals surface area contributed by atoms with Crippen LogP contribution < -0.4 is 0 Å². The predicted molar refractivity (Wildman–Crippen MR) is 92.4 cm³/mol. The quantitative estimate of drug-likeness (QED) is 0.138. The molecule has 0 fully saturated rings. The molecule has 0 radical (unpaired) electrons. The van der Waals surface area contributed by atoms with Gasteiger partial charge in [-0.1, -0.05) is 12.2 Å². The molecule has 0 spiro atoms. The van der Waals surface area contributed by atoms with Crippen molar-refractivity contribution in [1.82, 2.24) is 0 Å². The highest BCUT2D eigenvalue weighted by Crippen LogP contribution is 2.54. The van der Waals surface area contributed by atoms with Gasteiger partial charge < -0.3 is 4.74 Å². The van der Waals surface area contributed by atoms with E-state index in [2.05, 4.69) is 0 Å². The summed E-state index contributed by atoms with van der Waals surface area (Å²) in [5.74, 6) is -9.37. The van der Waals surface area contributed by atoms with Crippen LogP contribution in [0.4, 0.5) is 23.2 Å². The van der Waals surface area contributed by atoms with Gasteiger partial charge in [-0.05, 0) is 25.5 Å². The molecular formula is C20H13F4NO4. The van der Waals surface area contributed by atoms with E-state index in [0.717, 1.165) is 12.1 Å². The Kier molecular flexibility index (Phi) is 4.21. The number of nitro benzene ring substituents is 1. The lowest BCUT2D eigenvalue weighted by Gasteiger charge is -2.46. The number of ether oxygens (including phenoxy) is 1. The molecule has 0 saturated carbocycles. The summed E-state index contributed by atoms with van der Waals surface area (Å²) < 4.78 is 61.8. The smallest absolute Gasteiger partial charge is 0.338 e. The lowest BCUT2D eigenvalue weighted by molar-refractivity contribution is -0.384. The molecule has 0 aromatic heterocycles. The molecule has 0 aliphatic heterocycles. The largest absolute Gasteiger partial charge is 0.455 e. The average molecular weight is 407 g/mol. The second kappa shape index (κ2) is 6.40. The van der Waals surface area contributed by atoms with Crippen molar-refractivity contribution in [2.75, 3.05) is 0 Å². The minimum atomic E-state index is -1.91. The van der Waals surface area contributed by atoms with Crippen molar-refractivity contribution < 1.29 is 32.0 Å². The Morgan fingerprint density at radius 1 is 1.03 bits per heavy atom. The third kappa shape index (κ3) is 2.80. The number of allylic oxidation sites excluding steroid dienone is 1. The van der Waals surface area contributed by atoms with E-state index in [1.165, 1.54) is 25.1 Å². The standard InChI is InChI=1S/C20H13F4NO4/c1-20(29-19(26)9-2-5-11(6-3-9)25(27)28)8-10-4-7-12(20)14-13(10)15(21)17(23)18(24)16(14)22/h2-7,10,12H,8H2,1H3/t10-,12-,20-/m1/s1. The molecule has 9 heteroatoms. The van der Waals surface area contributed by atoms with Crippen LogP contribution in [-0.4, -0.2) is 16.5 Å². The van der Waals surface area contributed by atoms with Crippen LogP contribution in [0.5, 0.6) is 0 Å². The number of halogens is 4. The van der Waals surface area contributed by atoms with E-state index in [1.807, 2.05) is 0 Å². The number of nitrogens with zero attached hydrogens (tertiary/aromatic N) is 1. The molecule has 3 aliphatic rings. The molecule has 2 bridgehead atoms. The zero-order chi connectivity index (χ0) is 21.1. The molecule has 5 rings (SSSR count). The minimum Gasteiger partial charge on any atom is -0.455 e. The Balaban J connectivity index is 1.69. The van der Waals surface area contributed by atoms with Gasteiger partial charge in [0.2, 0.25) is 0 Å². The number of esters is 1. The fourth-order valence-electron chi connectivity index (χ4n) is 4.11. The number of carbonyl (C=O) groups excluding carboxylic acids is 1. The molecule has 3 atom stereocenters. The first-order chi connectivity index (χ1) is 13.6. The van der Waals surface area contributed by atoms with Crippen LogP contribution in [0.1, 0.15) is 46.7 Å². The SMILES string of the molecule is C[C@@]1(OC(=O)c2ccc([N+](=O)[O-])cc2)C[C@H]2C=C[C@@H]1c1c(F)c(F)c(F)c(F)c12. The maximum atomic E-state index is 14.5. The maximum absolute atomic E-state index is 14.5. The summed E-state index contributed by atoms with van der Waals surface area (Å²) >= 11 is 0. The summed E-state index contributed by atoms with van der Waals surface area (Å²) in [6.45, 7) is 1.50. The molecule has 0 N–H and O–H groups in total. The van der Waals surface area contributed by atoms with Gasteiger partial charge in [0, 0.05) is 35.1 Å². The molecule has 5 nitrogen and oxygen atoms in total. The fraction of sp³-hybridized carbons (Fsp3) is 0.250. The summed E-state index contributed by atoms with van der Waals surface area (Å²) in [6.07, 6.45) is 3.08. The van der Waals surface area contributed by atoms with Crippen LogP contribution >= 0.6 is 0 Å². The van der Waals surface area contributed by atoms with Gasteiger partial charge in [-0.3, -0.25) is 10.1 Å². The van der Waals surface area contributed by atoms with Crippen molar-refractivity contribution in [3.8, 4) is 0 Å². The van der Waals surface area contributed by atoms with Crippen LogP contribution in [0.15, 0.2) is 36.4 Å². The van der Waals surface area contributed by atoms with Gasteiger partial charge in [-0.15, -0.1) is 0 Å². The topological polar surface area (TPSA) is 69.4 Å². The first-order valence-corrected chi connectivity index (χ1v) is 8.66. The Hall–Kier alpha value is -3.23. The lowest BCUT2D eigenvalue weighted by Crippen LogP contribution is -2.45. The highest BCUT2D eigenvalue weighted by atomic mass is 19.2. The van der Waals surface area contributed by atoms with E-state index in [9.17, 15) is 32.5 Å². The van der Waals surface area contributed by atoms with Crippen LogP contribution in [-0.2, 0) is 4.74 Å². The second-order valence-corrected chi connectivity index (χ2v) is 7.26. The van der Waals surface area contributed by atoms with E-state index in [-0.39, 0.29) is 28.8 Å². The molecule has 2 aromatic rings. The third-order valence-corrected chi connectivity index (χ3v) is 5.48. The van der Waals surface area contributed by atoms with Gasteiger partial charge in [0.05, 0.1) is 10.5 Å². The number of non-ortho nitro benzene ring substituents is 1. The van der Waals surface area contributed by atoms with Crippen LogP contribution in [0.2, 0.25) is 0 Å². The van der Waals surface area contributed by atoms with Crippen molar-refractivity contribution in [3.63, 3.8) is 0 Å². The van der Waals surface area contributed by atoms with E-state index in [0.29, 0.717) is 0 Å². The van der Waals surface area contributed by atoms with Gasteiger partial charge in [-0.25, -0.2) is 22.4 Å². The number of rotatable bonds is 3. The van der Waals surface area contributed by atoms with Gasteiger partial charge in [-0.2, -0.15) is 0 Å². The van der Waals surface area contributed by atoms with Gasteiger partial charge in [0.15, 0.2) is 23.3 Å². The zero-order valence-corrected chi connectivity index (χ0v) is 14.9. The summed E-state index contributed by atoms with van der Waals surface area (Å²) in [7, 11) is 0. The Morgan fingerprint density at radius 2 is 1.62 bits per heavy atom. The number of nitro groups is 1. The molecule has 2 aromatic carbocycles. The number of hydrogen-bond acceptors (Lipinski definition) is 4. The summed E-state index contributed by atoms with van der Waals surface area (Å²) in [4.78, 5) is 22.6. The molecule has 29 heavy (non-hydrogen) atoms. The number of hydrogen-bond donors (Lipinski definition) is 0. The van der Waals surface area contributed by atoms with Gasteiger partial charge in [0.1, 0.15) is 5.60 Å². The second-order valence-electron chi connectivity index (χ2n) is 7.26. The Bertz CT molecular complexity index is 1080. The Morgan fingerprint density at radius 3 is 2.21 bits per heavy atom. The van der Waals surface area contributed by atoms with Crippen molar-refractivity contribution >= 4 is 11.7 Å². The zero-order valence-electron chi connectivity index (χ0n) is 14.9. The molecule has 150 valence electrons. The molecule has 0 amide bonds. The lowest BCUT2D eigenvalue weighted by atomic mass is 9.63. The highest BCUT2D eigenvalue weighted by molar-refractivity contribution is 5.90. The van der Waals surface area contributed by atoms with Crippen molar-refractivity contribution in [2.24, 2.45) is 0 Å². The molecule has 0 unspecified atom stereocenters. The first kappa shape index (κ1) is 19.1. The Labute approximate surface area is 161 Å². The fourth-order valence-corrected chi connectivity index (χ4v) is 4.11. The van der Waals surface area contributed by atoms with E-state index in [1.54, 1.807) is 6.08 Å². The molecule has 0 saturated heterocycles. The summed E-state index contributed by atoms with van der Waals surface area (Å²) in [5, 5.41) is 10.7. The minimum absolute atomic E-state index is 0.0272. The van der Waals surface area contributed by atoms with Crippen molar-refractivity contribution in [3.05, 3.63) is 86.5 Å². The molecule has 0 heterocycles. The first-order valence-electron chi connectivity index (χ1n) is 8.66. The number of carbonyl (C=O) groups is 1. The summed E-state index contributed by atoms with van der Waals surface area (Å²) in [6, 6.07) is 4.69. The van der Waals surface area contributed by atoms with Gasteiger partial charge >= 0.3 is 5.97 Å². The van der Waals surface area contributed by atoms with Crippen LogP contribution in [0.3, 0.4) is 0 Å². The summed E-state index contributed by atoms with van der Waals surface area (Å²) in [5.41, 5.74) is -2.16. The van der Waals surface area contributed by atoms with Crippen LogP contribution in [0, 0.1) is 33.4 Å². The van der Waals surface area contributed by atoms with Gasteiger partial charge in [0.25, 0.3) is 5.69 Å². The monoisotopic (exact) mass is 407 g/mol. The normalized spacial score (nSPS) is 24.3. The molecular weight excluding hydrogens is 394 g/mol. The van der Waals surface area contributed by atoms with E-state index < -0.39 is 51.6 Å². The number of benzene rings is 2. The maximum Gasteiger partial charge on any atom is 0.338 e. The van der Waals surface area contributed by atoms with Crippen LogP contribution in [0.25, 0.3) is 0 Å². The molecule has 3 aliphatic carbocycles. The average Bonchev–Trinajstić information content (AvgIpc) is 2.70.